The van der Waals surface area contributed by atoms with Crippen LogP contribution >= 0.6 is 12.4 Å². The first-order chi connectivity index (χ1) is 7.66. The molecule has 2 rings (SSSR count). The lowest BCUT2D eigenvalue weighted by Gasteiger charge is -2.41. The van der Waals surface area contributed by atoms with Gasteiger partial charge in [0.15, 0.2) is 0 Å². The van der Waals surface area contributed by atoms with E-state index in [1.165, 1.54) is 5.56 Å². The largest absolute Gasteiger partial charge is 0.393 e. The molecule has 2 nitrogen and oxygen atoms in total. The van der Waals surface area contributed by atoms with Gasteiger partial charge in [0.25, 0.3) is 0 Å². The van der Waals surface area contributed by atoms with Crippen LogP contribution in [0.1, 0.15) is 32.3 Å². The molecule has 1 aromatic rings. The molecule has 3 heteroatoms. The predicted octanol–water partition coefficient (Wildman–Crippen LogP) is 2.84. The maximum atomic E-state index is 9.71. The van der Waals surface area contributed by atoms with E-state index in [0.29, 0.717) is 12.1 Å². The minimum atomic E-state index is -0.114. The van der Waals surface area contributed by atoms with Crippen LogP contribution in [0.3, 0.4) is 0 Å². The molecule has 96 valence electrons. The number of halogens is 1. The second-order valence-electron chi connectivity index (χ2n) is 4.98. The quantitative estimate of drug-likeness (QED) is 0.879. The van der Waals surface area contributed by atoms with Crippen molar-refractivity contribution in [3.05, 3.63) is 35.9 Å². The molecule has 2 unspecified atom stereocenters. The fraction of sp³-hybridized carbons (Fsp3) is 0.571. The highest BCUT2D eigenvalue weighted by atomic mass is 35.5. The Hall–Kier alpha value is -0.570. The average Bonchev–Trinajstić information content (AvgIpc) is 2.25. The molecule has 2 atom stereocenters. The molecule has 0 spiro atoms. The molecule has 1 aliphatic rings. The maximum absolute atomic E-state index is 9.71. The van der Waals surface area contributed by atoms with Crippen molar-refractivity contribution in [1.29, 1.82) is 0 Å². The molecule has 1 N–H and O–H groups in total. The van der Waals surface area contributed by atoms with Crippen molar-refractivity contribution in [2.45, 2.75) is 51.4 Å². The molecular formula is C14H22ClNO. The predicted molar refractivity (Wildman–Crippen MR) is 73.4 cm³/mol. The number of nitrogens with zero attached hydrogens (tertiary/aromatic N) is 1. The van der Waals surface area contributed by atoms with E-state index in [-0.39, 0.29) is 18.5 Å². The Balaban J connectivity index is 0.00000144. The Kier molecular flexibility index (Phi) is 5.44. The van der Waals surface area contributed by atoms with Crippen LogP contribution in [-0.4, -0.2) is 28.2 Å². The van der Waals surface area contributed by atoms with Crippen LogP contribution in [0.15, 0.2) is 30.3 Å². The van der Waals surface area contributed by atoms with Crippen LogP contribution in [0.4, 0.5) is 0 Å². The van der Waals surface area contributed by atoms with Crippen LogP contribution < -0.4 is 0 Å². The zero-order valence-electron chi connectivity index (χ0n) is 10.5. The monoisotopic (exact) mass is 255 g/mol. The zero-order valence-corrected chi connectivity index (χ0v) is 11.4. The smallest absolute Gasteiger partial charge is 0.0569 e. The highest BCUT2D eigenvalue weighted by Crippen LogP contribution is 2.24. The van der Waals surface area contributed by atoms with E-state index in [0.717, 1.165) is 19.4 Å². The summed E-state index contributed by atoms with van der Waals surface area (Å²) in [5.74, 6) is 0. The molecule has 0 aromatic heterocycles. The van der Waals surface area contributed by atoms with E-state index in [4.69, 9.17) is 0 Å². The second kappa shape index (κ2) is 6.39. The summed E-state index contributed by atoms with van der Waals surface area (Å²) in [5.41, 5.74) is 1.36. The molecule has 0 amide bonds. The van der Waals surface area contributed by atoms with Crippen molar-refractivity contribution >= 4 is 12.4 Å². The van der Waals surface area contributed by atoms with Gasteiger partial charge in [-0.1, -0.05) is 30.3 Å². The zero-order chi connectivity index (χ0) is 11.5. The summed E-state index contributed by atoms with van der Waals surface area (Å²) >= 11 is 0. The lowest BCUT2D eigenvalue weighted by Crippen LogP contribution is -2.47. The summed E-state index contributed by atoms with van der Waals surface area (Å²) in [6, 6.07) is 11.5. The minimum Gasteiger partial charge on any atom is -0.393 e. The van der Waals surface area contributed by atoms with Gasteiger partial charge in [0.2, 0.25) is 0 Å². The minimum absolute atomic E-state index is 0. The van der Waals surface area contributed by atoms with Gasteiger partial charge in [0.1, 0.15) is 0 Å². The van der Waals surface area contributed by atoms with Crippen LogP contribution in [0, 0.1) is 0 Å². The van der Waals surface area contributed by atoms with Crippen molar-refractivity contribution in [3.63, 3.8) is 0 Å². The Morgan fingerprint density at radius 2 is 1.65 bits per heavy atom. The van der Waals surface area contributed by atoms with Crippen molar-refractivity contribution < 1.29 is 5.11 Å². The first kappa shape index (κ1) is 14.5. The topological polar surface area (TPSA) is 23.5 Å². The van der Waals surface area contributed by atoms with Crippen LogP contribution in [-0.2, 0) is 6.54 Å². The summed E-state index contributed by atoms with van der Waals surface area (Å²) in [4.78, 5) is 2.49. The Morgan fingerprint density at radius 1 is 1.12 bits per heavy atom. The molecule has 1 fully saturated rings. The fourth-order valence-corrected chi connectivity index (χ4v) is 2.69. The van der Waals surface area contributed by atoms with Crippen molar-refractivity contribution in [3.8, 4) is 0 Å². The molecule has 1 heterocycles. The number of hydrogen-bond acceptors (Lipinski definition) is 2. The molecule has 1 saturated heterocycles. The summed E-state index contributed by atoms with van der Waals surface area (Å²) < 4.78 is 0. The van der Waals surface area contributed by atoms with Crippen molar-refractivity contribution in [2.75, 3.05) is 0 Å². The van der Waals surface area contributed by atoms with Gasteiger partial charge in [-0.25, -0.2) is 0 Å². The van der Waals surface area contributed by atoms with E-state index in [9.17, 15) is 5.11 Å². The first-order valence-corrected chi connectivity index (χ1v) is 6.14. The third-order valence-electron chi connectivity index (χ3n) is 3.57. The Bertz CT molecular complexity index is 318. The molecule has 0 bridgehead atoms. The van der Waals surface area contributed by atoms with Gasteiger partial charge < -0.3 is 5.11 Å². The van der Waals surface area contributed by atoms with Gasteiger partial charge in [0, 0.05) is 18.6 Å². The molecule has 0 radical (unpaired) electrons. The lowest BCUT2D eigenvalue weighted by atomic mass is 9.94. The molecule has 0 saturated carbocycles. The summed E-state index contributed by atoms with van der Waals surface area (Å²) in [5, 5.41) is 9.71. The maximum Gasteiger partial charge on any atom is 0.0569 e. The van der Waals surface area contributed by atoms with Gasteiger partial charge in [-0.3, -0.25) is 4.90 Å². The molecule has 17 heavy (non-hydrogen) atoms. The van der Waals surface area contributed by atoms with E-state index in [1.54, 1.807) is 0 Å². The first-order valence-electron chi connectivity index (χ1n) is 6.14. The Labute approximate surface area is 110 Å². The van der Waals surface area contributed by atoms with Crippen LogP contribution in [0.25, 0.3) is 0 Å². The summed E-state index contributed by atoms with van der Waals surface area (Å²) in [6.07, 6.45) is 1.69. The number of benzene rings is 1. The number of rotatable bonds is 2. The van der Waals surface area contributed by atoms with Crippen molar-refractivity contribution in [2.24, 2.45) is 0 Å². The summed E-state index contributed by atoms with van der Waals surface area (Å²) in [7, 11) is 0. The van der Waals surface area contributed by atoms with E-state index >= 15 is 0 Å². The molecule has 1 aliphatic heterocycles. The molecular weight excluding hydrogens is 234 g/mol. The van der Waals surface area contributed by atoms with Crippen LogP contribution in [0.2, 0.25) is 0 Å². The van der Waals surface area contributed by atoms with Gasteiger partial charge in [-0.15, -0.1) is 12.4 Å². The highest BCUT2D eigenvalue weighted by molar-refractivity contribution is 5.85. The van der Waals surface area contributed by atoms with Gasteiger partial charge in [-0.2, -0.15) is 0 Å². The number of aliphatic hydroxyl groups excluding tert-OH is 1. The average molecular weight is 256 g/mol. The van der Waals surface area contributed by atoms with Gasteiger partial charge >= 0.3 is 0 Å². The normalized spacial score (nSPS) is 29.7. The van der Waals surface area contributed by atoms with E-state index < -0.39 is 0 Å². The van der Waals surface area contributed by atoms with Crippen LogP contribution in [0.5, 0.6) is 0 Å². The second-order valence-corrected chi connectivity index (χ2v) is 4.98. The van der Waals surface area contributed by atoms with Gasteiger partial charge in [-0.05, 0) is 32.3 Å². The fourth-order valence-electron chi connectivity index (χ4n) is 2.69. The summed E-state index contributed by atoms with van der Waals surface area (Å²) in [6.45, 7) is 5.42. The third-order valence-corrected chi connectivity index (χ3v) is 3.57. The number of aliphatic hydroxyl groups is 1. The molecule has 0 aliphatic carbocycles. The van der Waals surface area contributed by atoms with E-state index in [1.807, 2.05) is 0 Å². The number of piperidine rings is 1. The lowest BCUT2D eigenvalue weighted by molar-refractivity contribution is 0.00864. The Morgan fingerprint density at radius 3 is 2.18 bits per heavy atom. The highest BCUT2D eigenvalue weighted by Gasteiger charge is 2.29. The number of likely N-dealkylation sites (tertiary alicyclic amines) is 1. The SMILES string of the molecule is CC1CC(O)CC(C)N1Cc1ccccc1.Cl. The van der Waals surface area contributed by atoms with Crippen molar-refractivity contribution in [1.82, 2.24) is 4.90 Å². The third kappa shape index (κ3) is 3.70. The number of hydrogen-bond donors (Lipinski definition) is 1. The van der Waals surface area contributed by atoms with E-state index in [2.05, 4.69) is 49.1 Å². The molecule has 1 aromatic carbocycles. The van der Waals surface area contributed by atoms with Gasteiger partial charge in [0.05, 0.1) is 6.10 Å². The standard InChI is InChI=1S/C14H21NO.ClH/c1-11-8-14(16)9-12(2)15(11)10-13-6-4-3-5-7-13;/h3-7,11-12,14,16H,8-10H2,1-2H3;1H.